The largest absolute Gasteiger partial charge is 0.342 e. The van der Waals surface area contributed by atoms with Crippen LogP contribution in [0.3, 0.4) is 0 Å². The molecular weight excluding hydrogens is 348 g/mol. The van der Waals surface area contributed by atoms with E-state index >= 15 is 0 Å². The van der Waals surface area contributed by atoms with Crippen molar-refractivity contribution in [3.05, 3.63) is 72.2 Å². The second-order valence-electron chi connectivity index (χ2n) is 7.23. The van der Waals surface area contributed by atoms with E-state index in [2.05, 4.69) is 20.3 Å². The predicted molar refractivity (Wildman–Crippen MR) is 112 cm³/mol. The van der Waals surface area contributed by atoms with Crippen LogP contribution < -0.4 is 5.32 Å². The van der Waals surface area contributed by atoms with Gasteiger partial charge in [0.2, 0.25) is 5.91 Å². The number of rotatable bonds is 4. The fraction of sp³-hybridized carbons (Fsp3) is 0.174. The molecule has 28 heavy (non-hydrogen) atoms. The summed E-state index contributed by atoms with van der Waals surface area (Å²) in [5.41, 5.74) is 4.46. The van der Waals surface area contributed by atoms with Gasteiger partial charge in [-0.3, -0.25) is 9.78 Å². The van der Waals surface area contributed by atoms with E-state index in [1.165, 1.54) is 19.3 Å². The Balaban J connectivity index is 1.34. The van der Waals surface area contributed by atoms with Crippen molar-refractivity contribution in [2.45, 2.75) is 25.2 Å². The summed E-state index contributed by atoms with van der Waals surface area (Å²) in [6, 6.07) is 15.6. The van der Waals surface area contributed by atoms with Crippen LogP contribution in [0.5, 0.6) is 0 Å². The highest BCUT2D eigenvalue weighted by atomic mass is 16.1. The lowest BCUT2D eigenvalue weighted by atomic mass is 9.85. The molecule has 2 aromatic heterocycles. The van der Waals surface area contributed by atoms with Gasteiger partial charge in [-0.2, -0.15) is 0 Å². The highest BCUT2D eigenvalue weighted by Crippen LogP contribution is 2.35. The van der Waals surface area contributed by atoms with Crippen LogP contribution in [-0.4, -0.2) is 20.9 Å². The molecule has 0 radical (unpaired) electrons. The van der Waals surface area contributed by atoms with Gasteiger partial charge in [-0.1, -0.05) is 30.7 Å². The molecule has 4 aromatic rings. The second kappa shape index (κ2) is 6.93. The Labute approximate surface area is 162 Å². The zero-order valence-corrected chi connectivity index (χ0v) is 15.4. The van der Waals surface area contributed by atoms with Crippen molar-refractivity contribution in [1.82, 2.24) is 15.0 Å². The van der Waals surface area contributed by atoms with Gasteiger partial charge in [0.15, 0.2) is 0 Å². The van der Waals surface area contributed by atoms with Crippen LogP contribution in [0.25, 0.3) is 28.0 Å². The summed E-state index contributed by atoms with van der Waals surface area (Å²) in [4.78, 5) is 24.9. The first-order chi connectivity index (χ1) is 13.8. The van der Waals surface area contributed by atoms with E-state index in [4.69, 9.17) is 0 Å². The first-order valence-electron chi connectivity index (χ1n) is 9.59. The van der Waals surface area contributed by atoms with Gasteiger partial charge in [0, 0.05) is 34.8 Å². The lowest BCUT2D eigenvalue weighted by molar-refractivity contribution is -0.111. The van der Waals surface area contributed by atoms with Crippen molar-refractivity contribution in [2.75, 3.05) is 5.32 Å². The minimum atomic E-state index is -0.175. The maximum Gasteiger partial charge on any atom is 0.248 e. The molecule has 0 aliphatic heterocycles. The monoisotopic (exact) mass is 368 g/mol. The number of imidazole rings is 1. The van der Waals surface area contributed by atoms with E-state index < -0.39 is 0 Å². The molecule has 1 fully saturated rings. The zero-order valence-electron chi connectivity index (χ0n) is 15.4. The van der Waals surface area contributed by atoms with Gasteiger partial charge in [-0.15, -0.1) is 0 Å². The number of H-pyrrole nitrogens is 1. The highest BCUT2D eigenvalue weighted by Gasteiger charge is 2.22. The number of hydrogen-bond donors (Lipinski definition) is 2. The van der Waals surface area contributed by atoms with Crippen molar-refractivity contribution < 1.29 is 4.79 Å². The average molecular weight is 368 g/mol. The summed E-state index contributed by atoms with van der Waals surface area (Å²) in [7, 11) is 0. The number of pyridine rings is 1. The second-order valence-corrected chi connectivity index (χ2v) is 7.23. The maximum atomic E-state index is 12.4. The standard InChI is InChI=1S/C23H20N4O/c28-21(12-9-16-5-1-4-15-8-3-13-24-22(15)16)25-18-10-11-19-20(14-18)27-23(26-19)17-6-2-7-17/h1,3-5,8-14,17H,2,6-7H2,(H,25,28)(H,26,27)/b12-9+. The number of para-hydroxylation sites is 1. The van der Waals surface area contributed by atoms with E-state index in [1.807, 2.05) is 48.5 Å². The first-order valence-corrected chi connectivity index (χ1v) is 9.59. The van der Waals surface area contributed by atoms with Crippen molar-refractivity contribution in [2.24, 2.45) is 0 Å². The third kappa shape index (κ3) is 3.16. The van der Waals surface area contributed by atoms with E-state index in [-0.39, 0.29) is 5.91 Å². The summed E-state index contributed by atoms with van der Waals surface area (Å²) in [5, 5.41) is 3.98. The molecule has 5 heteroatoms. The molecule has 5 nitrogen and oxygen atoms in total. The first kappa shape index (κ1) is 16.7. The lowest BCUT2D eigenvalue weighted by Gasteiger charge is -2.22. The average Bonchev–Trinajstić information content (AvgIpc) is 3.07. The number of nitrogens with zero attached hydrogens (tertiary/aromatic N) is 2. The van der Waals surface area contributed by atoms with E-state index in [9.17, 15) is 4.79 Å². The highest BCUT2D eigenvalue weighted by molar-refractivity contribution is 6.03. The van der Waals surface area contributed by atoms with Crippen molar-refractivity contribution in [3.8, 4) is 0 Å². The van der Waals surface area contributed by atoms with Crippen LogP contribution >= 0.6 is 0 Å². The number of nitrogens with one attached hydrogen (secondary N) is 2. The third-order valence-corrected chi connectivity index (χ3v) is 5.34. The molecule has 1 amide bonds. The molecule has 0 unspecified atom stereocenters. The van der Waals surface area contributed by atoms with Crippen LogP contribution in [-0.2, 0) is 4.79 Å². The number of carbonyl (C=O) groups excluding carboxylic acids is 1. The van der Waals surface area contributed by atoms with E-state index in [1.54, 1.807) is 18.3 Å². The topological polar surface area (TPSA) is 70.7 Å². The molecule has 2 heterocycles. The molecule has 0 spiro atoms. The molecule has 2 N–H and O–H groups in total. The minimum absolute atomic E-state index is 0.175. The van der Waals surface area contributed by atoms with E-state index in [0.717, 1.165) is 39.0 Å². The van der Waals surface area contributed by atoms with Gasteiger partial charge in [-0.05, 0) is 43.2 Å². The summed E-state index contributed by atoms with van der Waals surface area (Å²) in [6.45, 7) is 0. The molecule has 5 rings (SSSR count). The van der Waals surface area contributed by atoms with Crippen LogP contribution in [0.4, 0.5) is 5.69 Å². The number of aromatic nitrogens is 3. The molecule has 2 aromatic carbocycles. The smallest absolute Gasteiger partial charge is 0.248 e. The summed E-state index contributed by atoms with van der Waals surface area (Å²) in [5.74, 6) is 1.45. The zero-order chi connectivity index (χ0) is 18.9. The van der Waals surface area contributed by atoms with Crippen LogP contribution in [0.15, 0.2) is 60.8 Å². The lowest BCUT2D eigenvalue weighted by Crippen LogP contribution is -2.10. The molecule has 1 saturated carbocycles. The molecule has 0 atom stereocenters. The fourth-order valence-electron chi connectivity index (χ4n) is 3.59. The number of carbonyl (C=O) groups is 1. The summed E-state index contributed by atoms with van der Waals surface area (Å²) >= 11 is 0. The third-order valence-electron chi connectivity index (χ3n) is 5.34. The number of anilines is 1. The van der Waals surface area contributed by atoms with Gasteiger partial charge >= 0.3 is 0 Å². The molecule has 0 bridgehead atoms. The fourth-order valence-corrected chi connectivity index (χ4v) is 3.59. The molecule has 138 valence electrons. The van der Waals surface area contributed by atoms with Crippen molar-refractivity contribution in [1.29, 1.82) is 0 Å². The Morgan fingerprint density at radius 1 is 1.14 bits per heavy atom. The van der Waals surface area contributed by atoms with Gasteiger partial charge in [0.05, 0.1) is 16.6 Å². The normalized spacial score (nSPS) is 14.6. The van der Waals surface area contributed by atoms with Crippen LogP contribution in [0.2, 0.25) is 0 Å². The van der Waals surface area contributed by atoms with Crippen molar-refractivity contribution in [3.63, 3.8) is 0 Å². The molecule has 1 aliphatic carbocycles. The Kier molecular flexibility index (Phi) is 4.13. The Bertz CT molecular complexity index is 1200. The number of amides is 1. The SMILES string of the molecule is O=C(/C=C/c1cccc2cccnc12)Nc1ccc2nc(C3CCC3)[nH]c2c1. The van der Waals surface area contributed by atoms with Crippen LogP contribution in [0, 0.1) is 0 Å². The van der Waals surface area contributed by atoms with Gasteiger partial charge < -0.3 is 10.3 Å². The summed E-state index contributed by atoms with van der Waals surface area (Å²) in [6.07, 6.45) is 8.79. The predicted octanol–water partition coefficient (Wildman–Crippen LogP) is 5.03. The molecular formula is C23H20N4O. The number of aromatic amines is 1. The van der Waals surface area contributed by atoms with Crippen molar-refractivity contribution >= 4 is 39.6 Å². The maximum absolute atomic E-state index is 12.4. The Morgan fingerprint density at radius 2 is 2.04 bits per heavy atom. The molecule has 1 aliphatic rings. The molecule has 0 saturated heterocycles. The number of fused-ring (bicyclic) bond motifs is 2. The summed E-state index contributed by atoms with van der Waals surface area (Å²) < 4.78 is 0. The van der Waals surface area contributed by atoms with Crippen LogP contribution in [0.1, 0.15) is 36.6 Å². The van der Waals surface area contributed by atoms with E-state index in [0.29, 0.717) is 5.92 Å². The van der Waals surface area contributed by atoms with Gasteiger partial charge in [0.25, 0.3) is 0 Å². The van der Waals surface area contributed by atoms with Gasteiger partial charge in [-0.25, -0.2) is 4.98 Å². The van der Waals surface area contributed by atoms with Gasteiger partial charge in [0.1, 0.15) is 5.82 Å². The quantitative estimate of drug-likeness (QED) is 0.496. The minimum Gasteiger partial charge on any atom is -0.342 e. The number of benzene rings is 2. The Morgan fingerprint density at radius 3 is 2.89 bits per heavy atom. The number of hydrogen-bond acceptors (Lipinski definition) is 3. The Hall–Kier alpha value is -3.47.